The summed E-state index contributed by atoms with van der Waals surface area (Å²) in [5, 5.41) is 19.9. The third kappa shape index (κ3) is 6.95. The van der Waals surface area contributed by atoms with Gasteiger partial charge in [-0.15, -0.1) is 0 Å². The molecule has 0 saturated carbocycles. The number of aromatic carboxylic acids is 1. The summed E-state index contributed by atoms with van der Waals surface area (Å²) >= 11 is 6.19. The lowest BCUT2D eigenvalue weighted by molar-refractivity contribution is 0.0697. The van der Waals surface area contributed by atoms with E-state index in [1.807, 2.05) is 25.1 Å². The molecule has 0 radical (unpaired) electrons. The van der Waals surface area contributed by atoms with Crippen molar-refractivity contribution in [2.24, 2.45) is 0 Å². The van der Waals surface area contributed by atoms with Crippen LogP contribution in [0.3, 0.4) is 0 Å². The molecule has 0 aliphatic carbocycles. The predicted octanol–water partition coefficient (Wildman–Crippen LogP) is 6.22. The summed E-state index contributed by atoms with van der Waals surface area (Å²) in [6.45, 7) is 9.02. The Balaban J connectivity index is 1.29. The maximum Gasteiger partial charge on any atom is 0.335 e. The zero-order chi connectivity index (χ0) is 26.4. The number of carboxylic acids is 1. The number of nitrogens with zero attached hydrogens (tertiary/aromatic N) is 2. The molecule has 0 bridgehead atoms. The highest BCUT2D eigenvalue weighted by atomic mass is 35.5. The van der Waals surface area contributed by atoms with Gasteiger partial charge in [-0.2, -0.15) is 0 Å². The van der Waals surface area contributed by atoms with Crippen LogP contribution in [0.5, 0.6) is 0 Å². The Bertz CT molecular complexity index is 1410. The molecule has 8 heteroatoms. The Morgan fingerprint density at radius 3 is 2.70 bits per heavy atom. The van der Waals surface area contributed by atoms with Gasteiger partial charge in [0.05, 0.1) is 23.2 Å². The minimum absolute atomic E-state index is 0.203. The van der Waals surface area contributed by atoms with Gasteiger partial charge in [0, 0.05) is 46.7 Å². The van der Waals surface area contributed by atoms with Crippen LogP contribution >= 0.6 is 11.6 Å². The molecule has 0 amide bonds. The van der Waals surface area contributed by atoms with E-state index in [2.05, 4.69) is 35.5 Å². The van der Waals surface area contributed by atoms with Crippen molar-refractivity contribution < 1.29 is 14.6 Å². The molecule has 194 valence electrons. The molecule has 0 unspecified atom stereocenters. The smallest absolute Gasteiger partial charge is 0.335 e. The highest BCUT2D eigenvalue weighted by molar-refractivity contribution is 6.31. The summed E-state index contributed by atoms with van der Waals surface area (Å²) in [5.74, 6) is -0.297. The molecular weight excluding hydrogens is 488 g/mol. The lowest BCUT2D eigenvalue weighted by atomic mass is 10.0. The number of halogens is 1. The summed E-state index contributed by atoms with van der Waals surface area (Å²) in [6.07, 6.45) is 5.50. The molecular formula is C29H33ClN4O3. The van der Waals surface area contributed by atoms with Crippen molar-refractivity contribution in [3.05, 3.63) is 76.6 Å². The van der Waals surface area contributed by atoms with Gasteiger partial charge in [0.15, 0.2) is 0 Å². The van der Waals surface area contributed by atoms with Gasteiger partial charge in [0.2, 0.25) is 0 Å². The Labute approximate surface area is 222 Å². The van der Waals surface area contributed by atoms with Crippen LogP contribution in [-0.2, 0) is 11.3 Å². The third-order valence-electron chi connectivity index (χ3n) is 6.22. The molecule has 4 aromatic rings. The summed E-state index contributed by atoms with van der Waals surface area (Å²) in [7, 11) is 0. The van der Waals surface area contributed by atoms with Crippen LogP contribution in [0.1, 0.15) is 48.2 Å². The number of rotatable bonds is 12. The fraction of sp³-hybridized carbons (Fsp3) is 0.345. The van der Waals surface area contributed by atoms with Gasteiger partial charge in [-0.3, -0.25) is 4.98 Å². The summed E-state index contributed by atoms with van der Waals surface area (Å²) < 4.78 is 5.99. The van der Waals surface area contributed by atoms with Crippen molar-refractivity contribution in [2.45, 2.75) is 45.7 Å². The van der Waals surface area contributed by atoms with Crippen LogP contribution in [0.2, 0.25) is 5.02 Å². The first kappa shape index (κ1) is 26.8. The molecule has 0 spiro atoms. The number of nitrogens with one attached hydrogen (secondary N) is 2. The van der Waals surface area contributed by atoms with E-state index < -0.39 is 5.97 Å². The normalized spacial score (nSPS) is 11.8. The SMILES string of the molecule is Cc1ccc(CNCCCCOCC(C)(C)Nc2nc3cc(C(=O)O)ccc3c3cnccc23)cc1Cl. The molecule has 0 aliphatic heterocycles. The number of carboxylic acid groups (broad SMARTS) is 1. The Morgan fingerprint density at radius 2 is 1.92 bits per heavy atom. The maximum absolute atomic E-state index is 11.5. The topological polar surface area (TPSA) is 96.4 Å². The summed E-state index contributed by atoms with van der Waals surface area (Å²) in [4.78, 5) is 20.5. The van der Waals surface area contributed by atoms with Crippen LogP contribution in [0.15, 0.2) is 54.9 Å². The van der Waals surface area contributed by atoms with E-state index in [4.69, 9.17) is 21.3 Å². The van der Waals surface area contributed by atoms with Gasteiger partial charge in [-0.1, -0.05) is 29.8 Å². The second kappa shape index (κ2) is 11.9. The fourth-order valence-corrected chi connectivity index (χ4v) is 4.40. The molecule has 2 aromatic carbocycles. The number of aryl methyl sites for hydroxylation is 1. The van der Waals surface area contributed by atoms with Crippen LogP contribution in [0.25, 0.3) is 21.7 Å². The number of hydrogen-bond donors (Lipinski definition) is 3. The Kier molecular flexibility index (Phi) is 8.59. The molecule has 37 heavy (non-hydrogen) atoms. The number of unbranched alkanes of at least 4 members (excludes halogenated alkanes) is 1. The Morgan fingerprint density at radius 1 is 1.08 bits per heavy atom. The van der Waals surface area contributed by atoms with Crippen LogP contribution < -0.4 is 10.6 Å². The average molecular weight is 521 g/mol. The van der Waals surface area contributed by atoms with Gasteiger partial charge >= 0.3 is 5.97 Å². The van der Waals surface area contributed by atoms with Crippen molar-refractivity contribution in [1.82, 2.24) is 15.3 Å². The molecule has 0 fully saturated rings. The van der Waals surface area contributed by atoms with Gasteiger partial charge in [-0.05, 0) is 75.5 Å². The number of aromatic nitrogens is 2. The van der Waals surface area contributed by atoms with Crippen molar-refractivity contribution >= 4 is 45.1 Å². The van der Waals surface area contributed by atoms with Gasteiger partial charge < -0.3 is 20.5 Å². The van der Waals surface area contributed by atoms with Gasteiger partial charge in [-0.25, -0.2) is 9.78 Å². The van der Waals surface area contributed by atoms with Gasteiger partial charge in [0.25, 0.3) is 0 Å². The lowest BCUT2D eigenvalue weighted by Crippen LogP contribution is -2.37. The van der Waals surface area contributed by atoms with E-state index >= 15 is 0 Å². The maximum atomic E-state index is 11.5. The molecule has 3 N–H and O–H groups in total. The summed E-state index contributed by atoms with van der Waals surface area (Å²) in [6, 6.07) is 13.1. The van der Waals surface area contributed by atoms with Crippen LogP contribution in [0.4, 0.5) is 5.82 Å². The third-order valence-corrected chi connectivity index (χ3v) is 6.63. The van der Waals surface area contributed by atoms with Crippen molar-refractivity contribution in [3.8, 4) is 0 Å². The Hall–Kier alpha value is -3.26. The van der Waals surface area contributed by atoms with E-state index in [-0.39, 0.29) is 11.1 Å². The molecule has 2 heterocycles. The number of ether oxygens (including phenoxy) is 1. The van der Waals surface area contributed by atoms with Crippen LogP contribution in [0, 0.1) is 6.92 Å². The first-order valence-electron chi connectivity index (χ1n) is 12.5. The van der Waals surface area contributed by atoms with Crippen molar-refractivity contribution in [1.29, 1.82) is 0 Å². The molecule has 7 nitrogen and oxygen atoms in total. The van der Waals surface area contributed by atoms with E-state index in [9.17, 15) is 9.90 Å². The largest absolute Gasteiger partial charge is 0.478 e. The number of fused-ring (bicyclic) bond motifs is 3. The van der Waals surface area contributed by atoms with E-state index in [0.29, 0.717) is 24.5 Å². The summed E-state index contributed by atoms with van der Waals surface area (Å²) in [5.41, 5.74) is 2.71. The van der Waals surface area contributed by atoms with Crippen molar-refractivity contribution in [3.63, 3.8) is 0 Å². The zero-order valence-corrected chi connectivity index (χ0v) is 22.2. The molecule has 2 aromatic heterocycles. The van der Waals surface area contributed by atoms with Gasteiger partial charge in [0.1, 0.15) is 5.82 Å². The van der Waals surface area contributed by atoms with E-state index in [0.717, 1.165) is 52.7 Å². The van der Waals surface area contributed by atoms with Crippen molar-refractivity contribution in [2.75, 3.05) is 25.1 Å². The van der Waals surface area contributed by atoms with Crippen LogP contribution in [-0.4, -0.2) is 46.3 Å². The van der Waals surface area contributed by atoms with E-state index in [1.54, 1.807) is 30.6 Å². The molecule has 0 atom stereocenters. The number of hydrogen-bond acceptors (Lipinski definition) is 6. The molecule has 0 aliphatic rings. The number of benzene rings is 2. The standard InChI is InChI=1S/C29H33ClN4O3/c1-19-6-7-20(14-25(19)30)16-31-11-4-5-13-37-18-29(2,3)34-27-23-10-12-32-17-24(23)22-9-8-21(28(35)36)15-26(22)33-27/h6-10,12,14-15,17,31H,4-5,11,13,16,18H2,1-3H3,(H,33,34)(H,35,36). The van der Waals surface area contributed by atoms with E-state index in [1.165, 1.54) is 5.56 Å². The molecule has 4 rings (SSSR count). The highest BCUT2D eigenvalue weighted by Crippen LogP contribution is 2.31. The number of pyridine rings is 2. The number of carbonyl (C=O) groups is 1. The fourth-order valence-electron chi connectivity index (χ4n) is 4.19. The minimum atomic E-state index is -0.979. The zero-order valence-electron chi connectivity index (χ0n) is 21.5. The number of anilines is 1. The predicted molar refractivity (Wildman–Crippen MR) is 150 cm³/mol. The molecule has 0 saturated heterocycles. The first-order valence-corrected chi connectivity index (χ1v) is 12.8. The average Bonchev–Trinajstić information content (AvgIpc) is 2.87. The lowest BCUT2D eigenvalue weighted by Gasteiger charge is -2.27. The highest BCUT2D eigenvalue weighted by Gasteiger charge is 2.21. The second-order valence-electron chi connectivity index (χ2n) is 9.95. The quantitative estimate of drug-likeness (QED) is 0.151. The minimum Gasteiger partial charge on any atom is -0.478 e. The monoisotopic (exact) mass is 520 g/mol. The first-order chi connectivity index (χ1) is 17.7. The second-order valence-corrected chi connectivity index (χ2v) is 10.4.